The number of piperidine rings is 1. The SMILES string of the molecule is O=C(NCc1cccc(F)c1)C1CCN(S(=O)(=O)Cc2ccc(Br)cc2)CC1. The van der Waals surface area contributed by atoms with Gasteiger partial charge in [0, 0.05) is 30.0 Å². The predicted octanol–water partition coefficient (Wildman–Crippen LogP) is 3.45. The Morgan fingerprint density at radius 2 is 1.79 bits per heavy atom. The molecule has 1 saturated heterocycles. The van der Waals surface area contributed by atoms with Gasteiger partial charge >= 0.3 is 0 Å². The first-order valence-corrected chi connectivity index (χ1v) is 11.5. The Labute approximate surface area is 173 Å². The van der Waals surface area contributed by atoms with Crippen molar-refractivity contribution < 1.29 is 17.6 Å². The van der Waals surface area contributed by atoms with Gasteiger partial charge in [0.25, 0.3) is 0 Å². The van der Waals surface area contributed by atoms with Crippen LogP contribution in [-0.4, -0.2) is 31.7 Å². The number of hydrogen-bond acceptors (Lipinski definition) is 3. The van der Waals surface area contributed by atoms with Crippen molar-refractivity contribution in [3.05, 3.63) is 69.9 Å². The molecule has 2 aromatic carbocycles. The fourth-order valence-electron chi connectivity index (χ4n) is 3.26. The van der Waals surface area contributed by atoms with Gasteiger partial charge in [-0.1, -0.05) is 40.2 Å². The number of nitrogens with one attached hydrogen (secondary N) is 1. The van der Waals surface area contributed by atoms with Crippen molar-refractivity contribution in [3.8, 4) is 0 Å². The summed E-state index contributed by atoms with van der Waals surface area (Å²) in [4.78, 5) is 12.4. The highest BCUT2D eigenvalue weighted by Crippen LogP contribution is 2.22. The molecule has 0 atom stereocenters. The number of rotatable bonds is 6. The molecule has 0 aromatic heterocycles. The third-order valence-corrected chi connectivity index (χ3v) is 7.21. The van der Waals surface area contributed by atoms with E-state index in [1.165, 1.54) is 16.4 Å². The van der Waals surface area contributed by atoms with Crippen LogP contribution < -0.4 is 5.32 Å². The van der Waals surface area contributed by atoms with Crippen LogP contribution in [0.25, 0.3) is 0 Å². The van der Waals surface area contributed by atoms with Gasteiger partial charge in [0.1, 0.15) is 5.82 Å². The van der Waals surface area contributed by atoms with Crippen LogP contribution >= 0.6 is 15.9 Å². The van der Waals surface area contributed by atoms with Crippen LogP contribution in [0.4, 0.5) is 4.39 Å². The topological polar surface area (TPSA) is 66.5 Å². The maximum absolute atomic E-state index is 13.2. The van der Waals surface area contributed by atoms with Gasteiger partial charge in [-0.15, -0.1) is 0 Å². The summed E-state index contributed by atoms with van der Waals surface area (Å²) < 4.78 is 40.8. The Bertz CT molecular complexity index is 927. The van der Waals surface area contributed by atoms with Crippen molar-refractivity contribution in [1.82, 2.24) is 9.62 Å². The molecule has 150 valence electrons. The number of carbonyl (C=O) groups is 1. The molecule has 5 nitrogen and oxygen atoms in total. The van der Waals surface area contributed by atoms with E-state index in [0.717, 1.165) is 10.0 Å². The third-order valence-electron chi connectivity index (χ3n) is 4.84. The molecule has 0 aliphatic carbocycles. The predicted molar refractivity (Wildman–Crippen MR) is 109 cm³/mol. The zero-order chi connectivity index (χ0) is 20.1. The lowest BCUT2D eigenvalue weighted by Gasteiger charge is -2.30. The van der Waals surface area contributed by atoms with Crippen LogP contribution in [0.5, 0.6) is 0 Å². The first-order valence-electron chi connectivity index (χ1n) is 9.08. The second-order valence-electron chi connectivity index (χ2n) is 6.90. The van der Waals surface area contributed by atoms with Crippen molar-refractivity contribution >= 4 is 31.9 Å². The van der Waals surface area contributed by atoms with E-state index < -0.39 is 10.0 Å². The smallest absolute Gasteiger partial charge is 0.223 e. The first kappa shape index (κ1) is 21.0. The molecular weight excluding hydrogens is 447 g/mol. The van der Waals surface area contributed by atoms with Gasteiger partial charge in [-0.3, -0.25) is 4.79 Å². The van der Waals surface area contributed by atoms with Crippen LogP contribution in [0.15, 0.2) is 53.0 Å². The maximum Gasteiger partial charge on any atom is 0.223 e. The van der Waals surface area contributed by atoms with E-state index in [9.17, 15) is 17.6 Å². The highest BCUT2D eigenvalue weighted by molar-refractivity contribution is 9.10. The molecule has 3 rings (SSSR count). The lowest BCUT2D eigenvalue weighted by Crippen LogP contribution is -2.43. The number of sulfonamides is 1. The van der Waals surface area contributed by atoms with Crippen LogP contribution in [-0.2, 0) is 27.1 Å². The molecular formula is C20H22BrFN2O3S. The summed E-state index contributed by atoms with van der Waals surface area (Å²) in [5.74, 6) is -0.727. The molecule has 0 unspecified atom stereocenters. The van der Waals surface area contributed by atoms with E-state index in [4.69, 9.17) is 0 Å². The van der Waals surface area contributed by atoms with E-state index in [0.29, 0.717) is 31.5 Å². The largest absolute Gasteiger partial charge is 0.352 e. The Kier molecular flexibility index (Phi) is 6.85. The second kappa shape index (κ2) is 9.15. The zero-order valence-electron chi connectivity index (χ0n) is 15.3. The van der Waals surface area contributed by atoms with Crippen molar-refractivity contribution in [2.45, 2.75) is 25.1 Å². The quantitative estimate of drug-likeness (QED) is 0.705. The fraction of sp³-hybridized carbons (Fsp3) is 0.350. The van der Waals surface area contributed by atoms with Crippen molar-refractivity contribution in [1.29, 1.82) is 0 Å². The lowest BCUT2D eigenvalue weighted by atomic mass is 9.97. The van der Waals surface area contributed by atoms with Gasteiger partial charge < -0.3 is 5.32 Å². The summed E-state index contributed by atoms with van der Waals surface area (Å²) in [6.07, 6.45) is 0.961. The standard InChI is InChI=1S/C20H22BrFN2O3S/c21-18-6-4-15(5-7-18)14-28(26,27)24-10-8-17(9-11-24)20(25)23-13-16-2-1-3-19(22)12-16/h1-7,12,17H,8-11,13-14H2,(H,23,25). The van der Waals surface area contributed by atoms with Gasteiger partial charge in [-0.05, 0) is 48.2 Å². The molecule has 1 N–H and O–H groups in total. The number of benzene rings is 2. The molecule has 0 spiro atoms. The third kappa shape index (κ3) is 5.62. The summed E-state index contributed by atoms with van der Waals surface area (Å²) in [5, 5.41) is 2.82. The number of hydrogen-bond donors (Lipinski definition) is 1. The number of halogens is 2. The Morgan fingerprint density at radius 1 is 1.11 bits per heavy atom. The molecule has 0 bridgehead atoms. The summed E-state index contributed by atoms with van der Waals surface area (Å²) >= 11 is 3.34. The maximum atomic E-state index is 13.2. The Hall–Kier alpha value is -1.77. The van der Waals surface area contributed by atoms with E-state index in [2.05, 4.69) is 21.2 Å². The van der Waals surface area contributed by atoms with E-state index in [1.54, 1.807) is 24.3 Å². The molecule has 1 amide bonds. The fourth-order valence-corrected chi connectivity index (χ4v) is 5.09. The normalized spacial score (nSPS) is 16.1. The molecule has 1 aliphatic heterocycles. The molecule has 8 heteroatoms. The highest BCUT2D eigenvalue weighted by atomic mass is 79.9. The molecule has 1 heterocycles. The summed E-state index contributed by atoms with van der Waals surface area (Å²) in [6.45, 7) is 0.923. The highest BCUT2D eigenvalue weighted by Gasteiger charge is 2.31. The van der Waals surface area contributed by atoms with E-state index in [1.807, 2.05) is 12.1 Å². The van der Waals surface area contributed by atoms with Crippen LogP contribution in [0, 0.1) is 11.7 Å². The van der Waals surface area contributed by atoms with Crippen molar-refractivity contribution in [2.24, 2.45) is 5.92 Å². The van der Waals surface area contributed by atoms with Gasteiger partial charge in [-0.2, -0.15) is 0 Å². The Balaban J connectivity index is 1.50. The molecule has 1 aliphatic rings. The average Bonchev–Trinajstić information content (AvgIpc) is 2.68. The van der Waals surface area contributed by atoms with Crippen molar-refractivity contribution in [3.63, 3.8) is 0 Å². The summed E-state index contributed by atoms with van der Waals surface area (Å²) in [6, 6.07) is 13.3. The molecule has 0 saturated carbocycles. The van der Waals surface area contributed by atoms with Gasteiger partial charge in [0.2, 0.25) is 15.9 Å². The number of nitrogens with zero attached hydrogens (tertiary/aromatic N) is 1. The van der Waals surface area contributed by atoms with Crippen LogP contribution in [0.1, 0.15) is 24.0 Å². The minimum Gasteiger partial charge on any atom is -0.352 e. The molecule has 28 heavy (non-hydrogen) atoms. The van der Waals surface area contributed by atoms with Gasteiger partial charge in [-0.25, -0.2) is 17.1 Å². The van der Waals surface area contributed by atoms with E-state index in [-0.39, 0.29) is 29.9 Å². The minimum absolute atomic E-state index is 0.0449. The summed E-state index contributed by atoms with van der Waals surface area (Å²) in [5.41, 5.74) is 1.43. The molecule has 1 fully saturated rings. The van der Waals surface area contributed by atoms with Crippen molar-refractivity contribution in [2.75, 3.05) is 13.1 Å². The van der Waals surface area contributed by atoms with Gasteiger partial charge in [0.05, 0.1) is 5.75 Å². The zero-order valence-corrected chi connectivity index (χ0v) is 17.7. The van der Waals surface area contributed by atoms with Crippen LogP contribution in [0.2, 0.25) is 0 Å². The first-order chi connectivity index (χ1) is 13.3. The monoisotopic (exact) mass is 468 g/mol. The van der Waals surface area contributed by atoms with Crippen LogP contribution in [0.3, 0.4) is 0 Å². The number of amides is 1. The second-order valence-corrected chi connectivity index (χ2v) is 9.79. The minimum atomic E-state index is -3.41. The summed E-state index contributed by atoms with van der Waals surface area (Å²) in [7, 11) is -3.41. The lowest BCUT2D eigenvalue weighted by molar-refractivity contribution is -0.126. The molecule has 0 radical (unpaired) electrons. The van der Waals surface area contributed by atoms with E-state index >= 15 is 0 Å². The number of carbonyl (C=O) groups excluding carboxylic acids is 1. The Morgan fingerprint density at radius 3 is 2.43 bits per heavy atom. The van der Waals surface area contributed by atoms with Gasteiger partial charge in [0.15, 0.2) is 0 Å². The average molecular weight is 469 g/mol. The molecule has 2 aromatic rings.